The monoisotopic (exact) mass is 280 g/mol. The Balaban J connectivity index is 2.03. The van der Waals surface area contributed by atoms with Gasteiger partial charge in [-0.25, -0.2) is 4.39 Å². The van der Waals surface area contributed by atoms with E-state index in [4.69, 9.17) is 14.6 Å². The summed E-state index contributed by atoms with van der Waals surface area (Å²) in [6.07, 6.45) is 2.56. The highest BCUT2D eigenvalue weighted by Crippen LogP contribution is 2.50. The SMILES string of the molecule is O=C(O)CC(c1c(F)ccc2c1OCCCO2)C1CC1. The summed E-state index contributed by atoms with van der Waals surface area (Å²) < 4.78 is 25.5. The first-order valence-electron chi connectivity index (χ1n) is 6.96. The third-order valence-electron chi connectivity index (χ3n) is 3.86. The predicted octanol–water partition coefficient (Wildman–Crippen LogP) is 2.96. The normalized spacial score (nSPS) is 19.2. The largest absolute Gasteiger partial charge is 0.490 e. The zero-order chi connectivity index (χ0) is 14.1. The number of benzene rings is 1. The minimum absolute atomic E-state index is 0.0681. The molecule has 1 saturated carbocycles. The predicted molar refractivity (Wildman–Crippen MR) is 69.7 cm³/mol. The van der Waals surface area contributed by atoms with Crippen molar-refractivity contribution in [2.45, 2.75) is 31.6 Å². The van der Waals surface area contributed by atoms with Crippen LogP contribution in [0.3, 0.4) is 0 Å². The maximum Gasteiger partial charge on any atom is 0.303 e. The van der Waals surface area contributed by atoms with Gasteiger partial charge in [0.2, 0.25) is 0 Å². The van der Waals surface area contributed by atoms with Crippen molar-refractivity contribution in [2.24, 2.45) is 5.92 Å². The number of carbonyl (C=O) groups is 1. The van der Waals surface area contributed by atoms with Crippen LogP contribution in [-0.2, 0) is 4.79 Å². The Hall–Kier alpha value is -1.78. The number of halogens is 1. The molecular weight excluding hydrogens is 263 g/mol. The molecule has 1 aliphatic carbocycles. The molecule has 0 radical (unpaired) electrons. The second kappa shape index (κ2) is 5.31. The van der Waals surface area contributed by atoms with E-state index in [-0.39, 0.29) is 18.3 Å². The number of ether oxygens (including phenoxy) is 2. The maximum atomic E-state index is 14.3. The van der Waals surface area contributed by atoms with E-state index >= 15 is 0 Å². The maximum absolute atomic E-state index is 14.3. The molecule has 20 heavy (non-hydrogen) atoms. The number of hydrogen-bond acceptors (Lipinski definition) is 3. The van der Waals surface area contributed by atoms with Crippen LogP contribution in [0.4, 0.5) is 4.39 Å². The molecule has 1 N–H and O–H groups in total. The van der Waals surface area contributed by atoms with Crippen molar-refractivity contribution in [3.8, 4) is 11.5 Å². The third kappa shape index (κ3) is 2.57. The Labute approximate surface area is 116 Å². The highest BCUT2D eigenvalue weighted by atomic mass is 19.1. The van der Waals surface area contributed by atoms with Crippen LogP contribution < -0.4 is 9.47 Å². The smallest absolute Gasteiger partial charge is 0.303 e. The standard InChI is InChI=1S/C15H17FO4/c16-11-4-5-12-15(20-7-1-6-19-12)14(11)10(8-13(17)18)9-2-3-9/h4-5,9-10H,1-3,6-8H2,(H,17,18). The van der Waals surface area contributed by atoms with Crippen LogP contribution in [0.1, 0.15) is 37.2 Å². The highest BCUT2D eigenvalue weighted by molar-refractivity contribution is 5.69. The summed E-state index contributed by atoms with van der Waals surface area (Å²) in [5.41, 5.74) is 0.384. The lowest BCUT2D eigenvalue weighted by Gasteiger charge is -2.20. The van der Waals surface area contributed by atoms with E-state index in [1.807, 2.05) is 0 Å². The van der Waals surface area contributed by atoms with E-state index in [0.717, 1.165) is 19.3 Å². The lowest BCUT2D eigenvalue weighted by Crippen LogP contribution is -2.12. The molecule has 3 rings (SSSR count). The van der Waals surface area contributed by atoms with Gasteiger partial charge in [0.1, 0.15) is 5.82 Å². The fourth-order valence-corrected chi connectivity index (χ4v) is 2.77. The highest BCUT2D eigenvalue weighted by Gasteiger charge is 2.38. The number of carboxylic acid groups (broad SMARTS) is 1. The van der Waals surface area contributed by atoms with Crippen molar-refractivity contribution in [1.82, 2.24) is 0 Å². The number of fused-ring (bicyclic) bond motifs is 1. The lowest BCUT2D eigenvalue weighted by atomic mass is 9.89. The molecule has 1 aromatic carbocycles. The zero-order valence-corrected chi connectivity index (χ0v) is 11.1. The van der Waals surface area contributed by atoms with Gasteiger partial charge >= 0.3 is 5.97 Å². The molecule has 1 fully saturated rings. The van der Waals surface area contributed by atoms with Gasteiger partial charge < -0.3 is 14.6 Å². The minimum Gasteiger partial charge on any atom is -0.490 e. The molecule has 1 aliphatic heterocycles. The molecule has 5 heteroatoms. The molecule has 0 saturated heterocycles. The van der Waals surface area contributed by atoms with Crippen LogP contribution in [0.5, 0.6) is 11.5 Å². The molecular formula is C15H17FO4. The summed E-state index contributed by atoms with van der Waals surface area (Å²) in [5, 5.41) is 9.08. The summed E-state index contributed by atoms with van der Waals surface area (Å²) in [6, 6.07) is 2.91. The van der Waals surface area contributed by atoms with Crippen LogP contribution >= 0.6 is 0 Å². The fourth-order valence-electron chi connectivity index (χ4n) is 2.77. The molecule has 4 nitrogen and oxygen atoms in total. The molecule has 0 bridgehead atoms. The van der Waals surface area contributed by atoms with Gasteiger partial charge in [0, 0.05) is 17.9 Å². The second-order valence-corrected chi connectivity index (χ2v) is 5.38. The van der Waals surface area contributed by atoms with E-state index in [1.54, 1.807) is 6.07 Å². The van der Waals surface area contributed by atoms with Crippen molar-refractivity contribution in [1.29, 1.82) is 0 Å². The third-order valence-corrected chi connectivity index (χ3v) is 3.86. The van der Waals surface area contributed by atoms with Gasteiger partial charge in [-0.3, -0.25) is 4.79 Å². The van der Waals surface area contributed by atoms with Crippen LogP contribution in [0, 0.1) is 11.7 Å². The number of aliphatic carboxylic acids is 1. The van der Waals surface area contributed by atoms with E-state index < -0.39 is 11.8 Å². The Morgan fingerprint density at radius 1 is 1.35 bits per heavy atom. The summed E-state index contributed by atoms with van der Waals surface area (Å²) in [4.78, 5) is 11.1. The summed E-state index contributed by atoms with van der Waals surface area (Å²) in [5.74, 6) is -0.473. The van der Waals surface area contributed by atoms with Crippen molar-refractivity contribution in [2.75, 3.05) is 13.2 Å². The van der Waals surface area contributed by atoms with Gasteiger partial charge in [0.05, 0.1) is 19.6 Å². The first kappa shape index (κ1) is 13.2. The second-order valence-electron chi connectivity index (χ2n) is 5.38. The Bertz CT molecular complexity index is 525. The van der Waals surface area contributed by atoms with Crippen LogP contribution in [-0.4, -0.2) is 24.3 Å². The van der Waals surface area contributed by atoms with Gasteiger partial charge in [-0.05, 0) is 30.9 Å². The fraction of sp³-hybridized carbons (Fsp3) is 0.533. The topological polar surface area (TPSA) is 55.8 Å². The molecule has 2 aliphatic rings. The van der Waals surface area contributed by atoms with E-state index in [9.17, 15) is 9.18 Å². The van der Waals surface area contributed by atoms with Crippen molar-refractivity contribution in [3.63, 3.8) is 0 Å². The van der Waals surface area contributed by atoms with Crippen molar-refractivity contribution in [3.05, 3.63) is 23.5 Å². The molecule has 0 spiro atoms. The Kier molecular flexibility index (Phi) is 3.51. The van der Waals surface area contributed by atoms with Crippen molar-refractivity contribution < 1.29 is 23.8 Å². The number of rotatable bonds is 4. The molecule has 108 valence electrons. The first-order valence-corrected chi connectivity index (χ1v) is 6.96. The number of hydrogen-bond donors (Lipinski definition) is 1. The minimum atomic E-state index is -0.909. The molecule has 1 atom stereocenters. The first-order chi connectivity index (χ1) is 9.66. The van der Waals surface area contributed by atoms with E-state index in [0.29, 0.717) is 30.3 Å². The van der Waals surface area contributed by atoms with Crippen molar-refractivity contribution >= 4 is 5.97 Å². The van der Waals surface area contributed by atoms with Crippen LogP contribution in [0.15, 0.2) is 12.1 Å². The molecule has 1 unspecified atom stereocenters. The quantitative estimate of drug-likeness (QED) is 0.921. The summed E-state index contributed by atoms with van der Waals surface area (Å²) >= 11 is 0. The molecule has 1 aromatic rings. The van der Waals surface area contributed by atoms with Gasteiger partial charge in [0.25, 0.3) is 0 Å². The Morgan fingerprint density at radius 2 is 2.10 bits per heavy atom. The summed E-state index contributed by atoms with van der Waals surface area (Å²) in [7, 11) is 0. The summed E-state index contributed by atoms with van der Waals surface area (Å²) in [6.45, 7) is 0.999. The van der Waals surface area contributed by atoms with Gasteiger partial charge in [-0.2, -0.15) is 0 Å². The van der Waals surface area contributed by atoms with E-state index in [2.05, 4.69) is 0 Å². The van der Waals surface area contributed by atoms with Crippen LogP contribution in [0.25, 0.3) is 0 Å². The van der Waals surface area contributed by atoms with Gasteiger partial charge in [0.15, 0.2) is 11.5 Å². The van der Waals surface area contributed by atoms with Gasteiger partial charge in [-0.1, -0.05) is 0 Å². The van der Waals surface area contributed by atoms with Gasteiger partial charge in [-0.15, -0.1) is 0 Å². The molecule has 1 heterocycles. The zero-order valence-electron chi connectivity index (χ0n) is 11.1. The van der Waals surface area contributed by atoms with E-state index in [1.165, 1.54) is 6.07 Å². The number of carboxylic acids is 1. The lowest BCUT2D eigenvalue weighted by molar-refractivity contribution is -0.137. The molecule has 0 aromatic heterocycles. The average Bonchev–Trinajstić information content (AvgIpc) is 3.23. The molecule has 0 amide bonds. The van der Waals surface area contributed by atoms with Crippen LogP contribution in [0.2, 0.25) is 0 Å². The average molecular weight is 280 g/mol. The Morgan fingerprint density at radius 3 is 2.80 bits per heavy atom.